The zero-order valence-corrected chi connectivity index (χ0v) is 10.5. The maximum Gasteiger partial charge on any atom is 0.323 e. The summed E-state index contributed by atoms with van der Waals surface area (Å²) < 4.78 is 0. The molecule has 0 saturated heterocycles. The predicted octanol–water partition coefficient (Wildman–Crippen LogP) is 2.66. The highest BCUT2D eigenvalue weighted by Gasteiger charge is 2.26. The molecule has 1 unspecified atom stereocenters. The van der Waals surface area contributed by atoms with E-state index >= 15 is 0 Å². The second kappa shape index (κ2) is 6.83. The van der Waals surface area contributed by atoms with Crippen LogP contribution < -0.4 is 5.32 Å². The quantitative estimate of drug-likeness (QED) is 0.654. The van der Waals surface area contributed by atoms with E-state index in [1.807, 2.05) is 0 Å². The summed E-state index contributed by atoms with van der Waals surface area (Å²) in [4.78, 5) is 10.9. The van der Waals surface area contributed by atoms with Crippen molar-refractivity contribution < 1.29 is 9.90 Å². The highest BCUT2D eigenvalue weighted by atomic mass is 16.4. The number of hydrogen-bond donors (Lipinski definition) is 2. The first-order valence-electron chi connectivity index (χ1n) is 5.92. The number of aliphatic carboxylic acids is 1. The summed E-state index contributed by atoms with van der Waals surface area (Å²) in [6.45, 7) is 8.57. The molecule has 0 aliphatic heterocycles. The third-order valence-electron chi connectivity index (χ3n) is 2.91. The molecule has 90 valence electrons. The Hall–Kier alpha value is -0.570. The largest absolute Gasteiger partial charge is 0.480 e. The lowest BCUT2D eigenvalue weighted by Crippen LogP contribution is -2.48. The van der Waals surface area contributed by atoms with Gasteiger partial charge in [0.15, 0.2) is 0 Å². The summed E-state index contributed by atoms with van der Waals surface area (Å²) in [6.07, 6.45) is 4.74. The van der Waals surface area contributed by atoms with E-state index in [0.717, 1.165) is 13.0 Å². The van der Waals surface area contributed by atoms with Crippen molar-refractivity contribution in [1.82, 2.24) is 5.32 Å². The van der Waals surface area contributed by atoms with Gasteiger partial charge in [-0.1, -0.05) is 33.1 Å². The molecule has 0 aromatic carbocycles. The van der Waals surface area contributed by atoms with Gasteiger partial charge in [-0.25, -0.2) is 0 Å². The van der Waals surface area contributed by atoms with Crippen LogP contribution in [0.2, 0.25) is 0 Å². The van der Waals surface area contributed by atoms with E-state index in [1.54, 1.807) is 13.8 Å². The van der Waals surface area contributed by atoms with E-state index in [-0.39, 0.29) is 0 Å². The Kier molecular flexibility index (Phi) is 6.57. The first-order chi connectivity index (χ1) is 6.94. The second-order valence-corrected chi connectivity index (χ2v) is 4.73. The van der Waals surface area contributed by atoms with Crippen LogP contribution in [0.25, 0.3) is 0 Å². The molecule has 0 bridgehead atoms. The van der Waals surface area contributed by atoms with Crippen LogP contribution in [-0.4, -0.2) is 23.2 Å². The fraction of sp³-hybridized carbons (Fsp3) is 0.917. The van der Waals surface area contributed by atoms with Gasteiger partial charge >= 0.3 is 5.97 Å². The van der Waals surface area contributed by atoms with Crippen molar-refractivity contribution in [2.24, 2.45) is 5.92 Å². The third kappa shape index (κ3) is 5.78. The van der Waals surface area contributed by atoms with E-state index in [4.69, 9.17) is 5.11 Å². The second-order valence-electron chi connectivity index (χ2n) is 4.73. The predicted molar refractivity (Wildman–Crippen MR) is 63.0 cm³/mol. The fourth-order valence-corrected chi connectivity index (χ4v) is 1.42. The minimum Gasteiger partial charge on any atom is -0.480 e. The summed E-state index contributed by atoms with van der Waals surface area (Å²) in [5, 5.41) is 12.1. The van der Waals surface area contributed by atoms with Crippen LogP contribution in [0.1, 0.15) is 53.4 Å². The summed E-state index contributed by atoms with van der Waals surface area (Å²) in [5.41, 5.74) is -0.806. The molecule has 0 amide bonds. The zero-order chi connectivity index (χ0) is 11.9. The van der Waals surface area contributed by atoms with Crippen LogP contribution in [0, 0.1) is 5.92 Å². The topological polar surface area (TPSA) is 49.3 Å². The van der Waals surface area contributed by atoms with E-state index < -0.39 is 11.5 Å². The van der Waals surface area contributed by atoms with Gasteiger partial charge in [-0.05, 0) is 32.7 Å². The number of nitrogens with one attached hydrogen (secondary N) is 1. The summed E-state index contributed by atoms with van der Waals surface area (Å²) in [7, 11) is 0. The van der Waals surface area contributed by atoms with Crippen molar-refractivity contribution in [3.05, 3.63) is 0 Å². The highest BCUT2D eigenvalue weighted by Crippen LogP contribution is 2.13. The van der Waals surface area contributed by atoms with E-state index in [0.29, 0.717) is 5.92 Å². The third-order valence-corrected chi connectivity index (χ3v) is 2.91. The average Bonchev–Trinajstić information content (AvgIpc) is 2.18. The van der Waals surface area contributed by atoms with Gasteiger partial charge in [-0.3, -0.25) is 4.79 Å². The molecule has 0 spiro atoms. The van der Waals surface area contributed by atoms with Crippen LogP contribution in [-0.2, 0) is 4.79 Å². The number of hydrogen-bond acceptors (Lipinski definition) is 2. The molecule has 2 N–H and O–H groups in total. The maximum atomic E-state index is 10.9. The Morgan fingerprint density at radius 2 is 2.00 bits per heavy atom. The Labute approximate surface area is 93.3 Å². The molecule has 0 saturated carbocycles. The molecule has 0 heterocycles. The van der Waals surface area contributed by atoms with Gasteiger partial charge in [0, 0.05) is 0 Å². The maximum absolute atomic E-state index is 10.9. The zero-order valence-electron chi connectivity index (χ0n) is 10.5. The van der Waals surface area contributed by atoms with Gasteiger partial charge in [-0.15, -0.1) is 0 Å². The van der Waals surface area contributed by atoms with Crippen molar-refractivity contribution in [3.8, 4) is 0 Å². The van der Waals surface area contributed by atoms with Crippen molar-refractivity contribution in [2.45, 2.75) is 58.9 Å². The lowest BCUT2D eigenvalue weighted by atomic mass is 9.97. The van der Waals surface area contributed by atoms with Crippen LogP contribution in [0.3, 0.4) is 0 Å². The molecule has 0 fully saturated rings. The van der Waals surface area contributed by atoms with Crippen molar-refractivity contribution in [2.75, 3.05) is 6.54 Å². The SMILES string of the molecule is CCCCC(CC)CNC(C)(C)C(=O)O. The van der Waals surface area contributed by atoms with Gasteiger partial charge in [0.05, 0.1) is 0 Å². The molecular formula is C12H25NO2. The minimum atomic E-state index is -0.806. The van der Waals surface area contributed by atoms with Crippen molar-refractivity contribution in [1.29, 1.82) is 0 Å². The summed E-state index contributed by atoms with van der Waals surface area (Å²) in [5.74, 6) is -0.184. The smallest absolute Gasteiger partial charge is 0.323 e. The molecule has 1 atom stereocenters. The molecule has 0 radical (unpaired) electrons. The van der Waals surface area contributed by atoms with Crippen molar-refractivity contribution in [3.63, 3.8) is 0 Å². The number of carbonyl (C=O) groups is 1. The standard InChI is InChI=1S/C12H25NO2/c1-5-7-8-10(6-2)9-13-12(3,4)11(14)15/h10,13H,5-9H2,1-4H3,(H,14,15). The molecule has 15 heavy (non-hydrogen) atoms. The van der Waals surface area contributed by atoms with Gasteiger partial charge in [-0.2, -0.15) is 0 Å². The lowest BCUT2D eigenvalue weighted by Gasteiger charge is -2.24. The monoisotopic (exact) mass is 215 g/mol. The molecule has 0 rings (SSSR count). The van der Waals surface area contributed by atoms with Gasteiger partial charge in [0.25, 0.3) is 0 Å². The summed E-state index contributed by atoms with van der Waals surface area (Å²) in [6, 6.07) is 0. The Bertz CT molecular complexity index is 190. The van der Waals surface area contributed by atoms with Crippen LogP contribution in [0.4, 0.5) is 0 Å². The van der Waals surface area contributed by atoms with E-state index in [9.17, 15) is 4.79 Å². The number of unbranched alkanes of at least 4 members (excludes halogenated alkanes) is 1. The van der Waals surface area contributed by atoms with Gasteiger partial charge in [0.2, 0.25) is 0 Å². The molecular weight excluding hydrogens is 190 g/mol. The first kappa shape index (κ1) is 14.4. The minimum absolute atomic E-state index is 0.601. The number of carboxylic acids is 1. The van der Waals surface area contributed by atoms with Crippen LogP contribution in [0.5, 0.6) is 0 Å². The molecule has 3 nitrogen and oxygen atoms in total. The molecule has 0 aliphatic rings. The Morgan fingerprint density at radius 1 is 1.40 bits per heavy atom. The van der Waals surface area contributed by atoms with Gasteiger partial charge in [0.1, 0.15) is 5.54 Å². The number of rotatable bonds is 8. The normalized spacial score (nSPS) is 13.9. The number of carboxylic acid groups (broad SMARTS) is 1. The van der Waals surface area contributed by atoms with Gasteiger partial charge < -0.3 is 10.4 Å². The summed E-state index contributed by atoms with van der Waals surface area (Å²) >= 11 is 0. The van der Waals surface area contributed by atoms with Crippen molar-refractivity contribution >= 4 is 5.97 Å². The molecule has 3 heteroatoms. The van der Waals surface area contributed by atoms with Crippen LogP contribution >= 0.6 is 0 Å². The average molecular weight is 215 g/mol. The van der Waals surface area contributed by atoms with E-state index in [1.165, 1.54) is 19.3 Å². The first-order valence-corrected chi connectivity index (χ1v) is 5.92. The van der Waals surface area contributed by atoms with Crippen LogP contribution in [0.15, 0.2) is 0 Å². The highest BCUT2D eigenvalue weighted by molar-refractivity contribution is 5.77. The Morgan fingerprint density at radius 3 is 2.40 bits per heavy atom. The molecule has 0 aromatic rings. The Balaban J connectivity index is 3.94. The molecule has 0 aromatic heterocycles. The fourth-order valence-electron chi connectivity index (χ4n) is 1.42. The lowest BCUT2D eigenvalue weighted by molar-refractivity contribution is -0.143. The van der Waals surface area contributed by atoms with E-state index in [2.05, 4.69) is 19.2 Å². The molecule has 0 aliphatic carbocycles.